The van der Waals surface area contributed by atoms with Crippen LogP contribution in [-0.2, 0) is 16.0 Å². The molecular weight excluding hydrogens is 270 g/mol. The lowest BCUT2D eigenvalue weighted by molar-refractivity contribution is -0.140. The Morgan fingerprint density at radius 1 is 1.33 bits per heavy atom. The van der Waals surface area contributed by atoms with Gasteiger partial charge in [-0.15, -0.1) is 0 Å². The van der Waals surface area contributed by atoms with Gasteiger partial charge in [0, 0.05) is 13.0 Å². The van der Waals surface area contributed by atoms with E-state index in [-0.39, 0.29) is 12.6 Å². The molecule has 0 spiro atoms. The molecule has 0 saturated carbocycles. The van der Waals surface area contributed by atoms with Crippen molar-refractivity contribution in [2.45, 2.75) is 32.3 Å². The van der Waals surface area contributed by atoms with Crippen molar-refractivity contribution >= 4 is 5.97 Å². The number of aliphatic hydroxyl groups is 1. The third kappa shape index (κ3) is 7.68. The molecule has 2 N–H and O–H groups in total. The van der Waals surface area contributed by atoms with Gasteiger partial charge in [-0.2, -0.15) is 0 Å². The van der Waals surface area contributed by atoms with E-state index in [1.54, 1.807) is 0 Å². The molecule has 21 heavy (non-hydrogen) atoms. The van der Waals surface area contributed by atoms with Crippen LogP contribution in [0.2, 0.25) is 0 Å². The molecule has 0 radical (unpaired) electrons. The number of ether oxygens (including phenoxy) is 2. The molecule has 0 fully saturated rings. The van der Waals surface area contributed by atoms with Gasteiger partial charge in [0.1, 0.15) is 18.5 Å². The van der Waals surface area contributed by atoms with Gasteiger partial charge in [0.2, 0.25) is 0 Å². The number of aryl methyl sites for hydroxylation is 1. The second kappa shape index (κ2) is 10.2. The number of nitrogens with one attached hydrogen (secondary N) is 1. The van der Waals surface area contributed by atoms with E-state index >= 15 is 0 Å². The van der Waals surface area contributed by atoms with E-state index in [0.717, 1.165) is 18.5 Å². The average Bonchev–Trinajstić information content (AvgIpc) is 2.51. The second-order valence-corrected chi connectivity index (χ2v) is 4.89. The van der Waals surface area contributed by atoms with Gasteiger partial charge in [0.15, 0.2) is 0 Å². The van der Waals surface area contributed by atoms with Gasteiger partial charge in [-0.1, -0.05) is 19.1 Å². The van der Waals surface area contributed by atoms with Gasteiger partial charge in [-0.05, 0) is 37.1 Å². The van der Waals surface area contributed by atoms with Crippen molar-refractivity contribution in [1.82, 2.24) is 5.32 Å². The second-order valence-electron chi connectivity index (χ2n) is 4.89. The van der Waals surface area contributed by atoms with E-state index in [0.29, 0.717) is 25.1 Å². The predicted octanol–water partition coefficient (Wildman–Crippen LogP) is 1.53. The van der Waals surface area contributed by atoms with Gasteiger partial charge < -0.3 is 19.9 Å². The van der Waals surface area contributed by atoms with Crippen LogP contribution in [0.25, 0.3) is 0 Å². The Morgan fingerprint density at radius 2 is 2.05 bits per heavy atom. The standard InChI is InChI=1S/C16H25NO4/c1-3-10-17-11-14(18)12-21-15-7-4-13(5-8-15)6-9-16(19)20-2/h4-5,7-8,14,17-18H,3,6,9-12H2,1-2H3. The van der Waals surface area contributed by atoms with E-state index in [1.807, 2.05) is 24.3 Å². The van der Waals surface area contributed by atoms with Gasteiger partial charge in [0.05, 0.1) is 7.11 Å². The average molecular weight is 295 g/mol. The number of hydrogen-bond acceptors (Lipinski definition) is 5. The summed E-state index contributed by atoms with van der Waals surface area (Å²) in [7, 11) is 1.39. The summed E-state index contributed by atoms with van der Waals surface area (Å²) < 4.78 is 10.1. The Balaban J connectivity index is 2.28. The highest BCUT2D eigenvalue weighted by Crippen LogP contribution is 2.13. The van der Waals surface area contributed by atoms with Crippen molar-refractivity contribution in [2.75, 3.05) is 26.8 Å². The van der Waals surface area contributed by atoms with Crippen molar-refractivity contribution in [2.24, 2.45) is 0 Å². The minimum absolute atomic E-state index is 0.210. The van der Waals surface area contributed by atoms with E-state index in [4.69, 9.17) is 4.74 Å². The van der Waals surface area contributed by atoms with Crippen LogP contribution in [0.4, 0.5) is 0 Å². The third-order valence-corrected chi connectivity index (χ3v) is 3.02. The molecule has 1 atom stereocenters. The number of methoxy groups -OCH3 is 1. The fraction of sp³-hybridized carbons (Fsp3) is 0.562. The van der Waals surface area contributed by atoms with Gasteiger partial charge in [0.25, 0.3) is 0 Å². The zero-order valence-electron chi connectivity index (χ0n) is 12.8. The summed E-state index contributed by atoms with van der Waals surface area (Å²) in [5.41, 5.74) is 1.05. The molecule has 1 rings (SSSR count). The smallest absolute Gasteiger partial charge is 0.305 e. The topological polar surface area (TPSA) is 67.8 Å². The van der Waals surface area contributed by atoms with Crippen LogP contribution in [0.3, 0.4) is 0 Å². The maximum absolute atomic E-state index is 11.1. The number of hydrogen-bond donors (Lipinski definition) is 2. The highest BCUT2D eigenvalue weighted by atomic mass is 16.5. The van der Waals surface area contributed by atoms with Crippen molar-refractivity contribution < 1.29 is 19.4 Å². The van der Waals surface area contributed by atoms with Crippen LogP contribution in [0.1, 0.15) is 25.3 Å². The van der Waals surface area contributed by atoms with E-state index in [2.05, 4.69) is 17.0 Å². The summed E-state index contributed by atoms with van der Waals surface area (Å²) in [6.07, 6.45) is 1.55. The van der Waals surface area contributed by atoms with Crippen LogP contribution < -0.4 is 10.1 Å². The highest BCUT2D eigenvalue weighted by Gasteiger charge is 2.05. The Hall–Kier alpha value is -1.59. The van der Waals surface area contributed by atoms with E-state index in [9.17, 15) is 9.90 Å². The number of carbonyl (C=O) groups is 1. The Labute approximate surface area is 126 Å². The SMILES string of the molecule is CCCNCC(O)COc1ccc(CCC(=O)OC)cc1. The van der Waals surface area contributed by atoms with Crippen LogP contribution in [0.15, 0.2) is 24.3 Å². The fourth-order valence-electron chi connectivity index (χ4n) is 1.80. The first-order chi connectivity index (χ1) is 10.2. The van der Waals surface area contributed by atoms with E-state index in [1.165, 1.54) is 7.11 Å². The molecule has 118 valence electrons. The first-order valence-electron chi connectivity index (χ1n) is 7.33. The Bertz CT molecular complexity index is 405. The number of benzene rings is 1. The zero-order valence-corrected chi connectivity index (χ0v) is 12.8. The minimum atomic E-state index is -0.518. The third-order valence-electron chi connectivity index (χ3n) is 3.02. The Morgan fingerprint density at radius 3 is 2.67 bits per heavy atom. The molecule has 0 aliphatic carbocycles. The summed E-state index contributed by atoms with van der Waals surface area (Å²) >= 11 is 0. The summed E-state index contributed by atoms with van der Waals surface area (Å²) in [6, 6.07) is 7.53. The lowest BCUT2D eigenvalue weighted by Crippen LogP contribution is -2.31. The molecule has 0 aliphatic rings. The number of carbonyl (C=O) groups excluding carboxylic acids is 1. The lowest BCUT2D eigenvalue weighted by atomic mass is 10.1. The molecule has 5 nitrogen and oxygen atoms in total. The molecule has 1 aromatic carbocycles. The molecule has 0 bridgehead atoms. The van der Waals surface area contributed by atoms with Crippen LogP contribution in [0.5, 0.6) is 5.75 Å². The summed E-state index contributed by atoms with van der Waals surface area (Å²) in [6.45, 7) is 3.77. The van der Waals surface area contributed by atoms with Crippen LogP contribution in [0, 0.1) is 0 Å². The number of rotatable bonds is 10. The maximum atomic E-state index is 11.1. The predicted molar refractivity (Wildman–Crippen MR) is 81.4 cm³/mol. The van der Waals surface area contributed by atoms with Crippen molar-refractivity contribution in [3.63, 3.8) is 0 Å². The largest absolute Gasteiger partial charge is 0.491 e. The monoisotopic (exact) mass is 295 g/mol. The van der Waals surface area contributed by atoms with Gasteiger partial charge in [-0.25, -0.2) is 0 Å². The minimum Gasteiger partial charge on any atom is -0.491 e. The molecule has 0 heterocycles. The molecular formula is C16H25NO4. The van der Waals surface area contributed by atoms with Crippen LogP contribution in [-0.4, -0.2) is 44.0 Å². The van der Waals surface area contributed by atoms with Crippen molar-refractivity contribution in [3.05, 3.63) is 29.8 Å². The Kier molecular flexibility index (Phi) is 8.47. The van der Waals surface area contributed by atoms with Gasteiger partial charge >= 0.3 is 5.97 Å². The van der Waals surface area contributed by atoms with E-state index < -0.39 is 6.10 Å². The molecule has 1 aromatic rings. The highest BCUT2D eigenvalue weighted by molar-refractivity contribution is 5.69. The maximum Gasteiger partial charge on any atom is 0.305 e. The summed E-state index contributed by atoms with van der Waals surface area (Å²) in [5, 5.41) is 12.9. The summed E-state index contributed by atoms with van der Waals surface area (Å²) in [4.78, 5) is 11.1. The zero-order chi connectivity index (χ0) is 15.5. The first-order valence-corrected chi connectivity index (χ1v) is 7.33. The summed E-state index contributed by atoms with van der Waals surface area (Å²) in [5.74, 6) is 0.504. The molecule has 0 amide bonds. The molecule has 0 aliphatic heterocycles. The fourth-order valence-corrected chi connectivity index (χ4v) is 1.80. The quantitative estimate of drug-likeness (QED) is 0.506. The molecule has 5 heteroatoms. The molecule has 0 saturated heterocycles. The number of esters is 1. The van der Waals surface area contributed by atoms with Crippen molar-refractivity contribution in [3.8, 4) is 5.75 Å². The normalized spacial score (nSPS) is 12.0. The number of aliphatic hydroxyl groups excluding tert-OH is 1. The molecule has 1 unspecified atom stereocenters. The van der Waals surface area contributed by atoms with Crippen molar-refractivity contribution in [1.29, 1.82) is 0 Å². The van der Waals surface area contributed by atoms with Gasteiger partial charge in [-0.3, -0.25) is 4.79 Å². The first kappa shape index (κ1) is 17.5. The van der Waals surface area contributed by atoms with Crippen LogP contribution >= 0.6 is 0 Å². The lowest BCUT2D eigenvalue weighted by Gasteiger charge is -2.13. The molecule has 0 aromatic heterocycles.